The monoisotopic (exact) mass is 615 g/mol. The lowest BCUT2D eigenvalue weighted by Crippen LogP contribution is -2.62. The van der Waals surface area contributed by atoms with Crippen LogP contribution in [0.3, 0.4) is 0 Å². The van der Waals surface area contributed by atoms with Gasteiger partial charge in [-0.15, -0.1) is 0 Å². The van der Waals surface area contributed by atoms with Crippen LogP contribution < -0.4 is 25.9 Å². The van der Waals surface area contributed by atoms with E-state index >= 15 is 0 Å². The number of nitrogens with zero attached hydrogens (tertiary/aromatic N) is 5. The first-order chi connectivity index (χ1) is 21.5. The molecule has 8 rings (SSSR count). The lowest BCUT2D eigenvalue weighted by Gasteiger charge is -2.58. The van der Waals surface area contributed by atoms with Crippen molar-refractivity contribution >= 4 is 40.8 Å². The molecule has 11 heteroatoms. The number of para-hydroxylation sites is 2. The zero-order valence-corrected chi connectivity index (χ0v) is 26.6. The van der Waals surface area contributed by atoms with E-state index in [0.717, 1.165) is 68.1 Å². The zero-order chi connectivity index (χ0) is 31.5. The summed E-state index contributed by atoms with van der Waals surface area (Å²) in [5.74, 6) is 1.91. The molecule has 1 aromatic carbocycles. The molecule has 4 bridgehead atoms. The number of rotatable bonds is 5. The number of anilines is 4. The molecule has 6 aliphatic rings. The number of fused-ring (bicyclic) bond motifs is 1. The number of amides is 3. The van der Waals surface area contributed by atoms with Crippen LogP contribution in [0.25, 0.3) is 0 Å². The van der Waals surface area contributed by atoms with Crippen molar-refractivity contribution in [2.75, 3.05) is 54.1 Å². The number of primary amides is 1. The van der Waals surface area contributed by atoms with Crippen molar-refractivity contribution in [2.24, 2.45) is 34.3 Å². The number of carbonyl (C=O) groups excluding carboxylic acids is 3. The molecule has 11 nitrogen and oxygen atoms in total. The maximum atomic E-state index is 13.3. The fourth-order valence-electron chi connectivity index (χ4n) is 8.86. The smallest absolute Gasteiger partial charge is 0.369 e. The van der Waals surface area contributed by atoms with Gasteiger partial charge in [-0.3, -0.25) is 9.59 Å². The van der Waals surface area contributed by atoms with Crippen molar-refractivity contribution in [3.63, 3.8) is 0 Å². The molecule has 2 aliphatic heterocycles. The highest BCUT2D eigenvalue weighted by atomic mass is 16.7. The van der Waals surface area contributed by atoms with Crippen LogP contribution in [0.5, 0.6) is 0 Å². The maximum Gasteiger partial charge on any atom is 0.431 e. The molecular weight excluding hydrogens is 570 g/mol. The second-order valence-electron chi connectivity index (χ2n) is 14.8. The van der Waals surface area contributed by atoms with Gasteiger partial charge in [0.1, 0.15) is 5.82 Å². The molecule has 5 fully saturated rings. The van der Waals surface area contributed by atoms with Gasteiger partial charge in [-0.1, -0.05) is 32.9 Å². The Bertz CT molecular complexity index is 1450. The largest absolute Gasteiger partial charge is 0.431 e. The van der Waals surface area contributed by atoms with Crippen molar-refractivity contribution in [3.8, 4) is 0 Å². The van der Waals surface area contributed by atoms with Crippen molar-refractivity contribution in [1.82, 2.24) is 15.2 Å². The van der Waals surface area contributed by atoms with Gasteiger partial charge in [-0.25, -0.2) is 14.8 Å². The van der Waals surface area contributed by atoms with E-state index in [1.165, 1.54) is 0 Å². The highest BCUT2D eigenvalue weighted by Crippen LogP contribution is 2.60. The third-order valence-electron chi connectivity index (χ3n) is 10.8. The van der Waals surface area contributed by atoms with Crippen LogP contribution in [-0.2, 0) is 14.4 Å². The van der Waals surface area contributed by atoms with Crippen LogP contribution in [0.15, 0.2) is 42.6 Å². The number of pyridine rings is 1. The predicted molar refractivity (Wildman–Crippen MR) is 172 cm³/mol. The first kappa shape index (κ1) is 29.7. The number of benzene rings is 1. The Morgan fingerprint density at radius 2 is 1.60 bits per heavy atom. The van der Waals surface area contributed by atoms with Gasteiger partial charge in [0.2, 0.25) is 11.8 Å². The summed E-state index contributed by atoms with van der Waals surface area (Å²) in [6.07, 6.45) is 5.97. The van der Waals surface area contributed by atoms with Crippen LogP contribution in [0.2, 0.25) is 0 Å². The van der Waals surface area contributed by atoms with Gasteiger partial charge in [-0.2, -0.15) is 0 Å². The molecular formula is C34H45N7O4. The quantitative estimate of drug-likeness (QED) is 0.516. The first-order valence-corrected chi connectivity index (χ1v) is 16.4. The molecule has 4 saturated carbocycles. The summed E-state index contributed by atoms with van der Waals surface area (Å²) in [6, 6.07) is 12.0. The minimum Gasteiger partial charge on any atom is -0.369 e. The van der Waals surface area contributed by atoms with Gasteiger partial charge in [0.15, 0.2) is 0 Å². The second-order valence-corrected chi connectivity index (χ2v) is 14.8. The van der Waals surface area contributed by atoms with E-state index in [0.29, 0.717) is 32.1 Å². The fraction of sp³-hybridized carbons (Fsp3) is 0.588. The molecule has 3 N–H and O–H groups in total. The van der Waals surface area contributed by atoms with Crippen molar-refractivity contribution in [2.45, 2.75) is 58.9 Å². The standard InChI is InChI=1S/C34H45N7O4/c1-33(2,3)31(43)39-12-10-38(11-13-39)25-8-9-28(36-21-25)40-14-15-41(27-7-5-4-6-26(27)40)45-32(44)37-29-23-16-22-17-24(29)20-34(18-22,19-23)30(35)42/h4-9,21-24,29H,10-20H2,1-3H3,(H2,35,42)(H,37,44)/t22?,23-,24+,29?,34?. The summed E-state index contributed by atoms with van der Waals surface area (Å²) in [4.78, 5) is 55.4. The van der Waals surface area contributed by atoms with E-state index in [1.54, 1.807) is 5.06 Å². The average Bonchev–Trinajstić information content (AvgIpc) is 3.02. The van der Waals surface area contributed by atoms with Crippen LogP contribution in [0.1, 0.15) is 52.9 Å². The number of nitrogens with two attached hydrogens (primary N) is 1. The molecule has 5 atom stereocenters. The van der Waals surface area contributed by atoms with Gasteiger partial charge < -0.3 is 30.6 Å². The lowest BCUT2D eigenvalue weighted by molar-refractivity contribution is -0.145. The molecule has 3 amide bonds. The topological polar surface area (TPSA) is 124 Å². The number of piperazine rings is 1. The van der Waals surface area contributed by atoms with E-state index in [1.807, 2.05) is 62.2 Å². The van der Waals surface area contributed by atoms with Crippen molar-refractivity contribution in [1.29, 1.82) is 0 Å². The molecule has 0 spiro atoms. The number of carbonyl (C=O) groups is 3. The van der Waals surface area contributed by atoms with Crippen molar-refractivity contribution in [3.05, 3.63) is 42.6 Å². The Hall–Kier alpha value is -4.02. The van der Waals surface area contributed by atoms with E-state index in [-0.39, 0.29) is 40.5 Å². The van der Waals surface area contributed by atoms with Crippen LogP contribution >= 0.6 is 0 Å². The van der Waals surface area contributed by atoms with Crippen LogP contribution in [0, 0.1) is 28.6 Å². The molecule has 1 aromatic heterocycles. The van der Waals surface area contributed by atoms with Gasteiger partial charge in [0.05, 0.1) is 29.8 Å². The van der Waals surface area contributed by atoms with E-state index in [4.69, 9.17) is 15.6 Å². The normalized spacial score (nSPS) is 29.0. The Morgan fingerprint density at radius 3 is 2.22 bits per heavy atom. The third kappa shape index (κ3) is 5.44. The molecule has 3 unspecified atom stereocenters. The zero-order valence-electron chi connectivity index (χ0n) is 26.6. The number of hydrogen-bond acceptors (Lipinski definition) is 8. The summed E-state index contributed by atoms with van der Waals surface area (Å²) in [7, 11) is 0. The Balaban J connectivity index is 0.987. The average molecular weight is 616 g/mol. The minimum atomic E-state index is -0.448. The third-order valence-corrected chi connectivity index (χ3v) is 10.8. The van der Waals surface area contributed by atoms with Gasteiger partial charge in [0, 0.05) is 49.6 Å². The van der Waals surface area contributed by atoms with Gasteiger partial charge in [0.25, 0.3) is 0 Å². The number of aromatic nitrogens is 1. The highest BCUT2D eigenvalue weighted by molar-refractivity contribution is 5.83. The van der Waals surface area contributed by atoms with Gasteiger partial charge in [-0.05, 0) is 74.1 Å². The molecule has 240 valence electrons. The number of nitrogens with one attached hydrogen (secondary N) is 1. The molecule has 2 aromatic rings. The van der Waals surface area contributed by atoms with Crippen LogP contribution in [-0.4, -0.2) is 73.1 Å². The summed E-state index contributed by atoms with van der Waals surface area (Å²) in [6.45, 7) is 9.95. The predicted octanol–water partition coefficient (Wildman–Crippen LogP) is 4.06. The van der Waals surface area contributed by atoms with Gasteiger partial charge >= 0.3 is 6.09 Å². The molecule has 0 radical (unpaired) electrons. The summed E-state index contributed by atoms with van der Waals surface area (Å²) in [5.41, 5.74) is 7.86. The second kappa shape index (κ2) is 11.1. The highest BCUT2D eigenvalue weighted by Gasteiger charge is 2.58. The Kier molecular flexibility index (Phi) is 7.32. The lowest BCUT2D eigenvalue weighted by atomic mass is 9.47. The Morgan fingerprint density at radius 1 is 0.911 bits per heavy atom. The van der Waals surface area contributed by atoms with Crippen molar-refractivity contribution < 1.29 is 19.2 Å². The number of hydrogen-bond donors (Lipinski definition) is 2. The molecule has 1 saturated heterocycles. The van der Waals surface area contributed by atoms with E-state index in [2.05, 4.69) is 21.2 Å². The first-order valence-electron chi connectivity index (χ1n) is 16.4. The fourth-order valence-corrected chi connectivity index (χ4v) is 8.86. The van der Waals surface area contributed by atoms with E-state index < -0.39 is 6.09 Å². The maximum absolute atomic E-state index is 13.3. The summed E-state index contributed by atoms with van der Waals surface area (Å²) >= 11 is 0. The number of hydroxylamine groups is 1. The molecule has 3 heterocycles. The SMILES string of the molecule is CC(C)(C)C(=O)N1CCN(c2ccc(N3CCN(OC(=O)NC4[C@@H]5CC6C[C@H]4CC(C(N)=O)(C6)C5)c4ccccc43)nc2)CC1. The molecule has 4 aliphatic carbocycles. The molecule has 45 heavy (non-hydrogen) atoms. The van der Waals surface area contributed by atoms with E-state index in [9.17, 15) is 14.4 Å². The summed E-state index contributed by atoms with van der Waals surface area (Å²) < 4.78 is 0. The minimum absolute atomic E-state index is 0.0164. The summed E-state index contributed by atoms with van der Waals surface area (Å²) in [5, 5.41) is 4.86. The van der Waals surface area contributed by atoms with Crippen LogP contribution in [0.4, 0.5) is 27.7 Å². The Labute approximate surface area is 265 Å².